The molecule has 1 aromatic rings. The fourth-order valence-electron chi connectivity index (χ4n) is 2.24. The zero-order valence-corrected chi connectivity index (χ0v) is 10.6. The minimum atomic E-state index is -0.630. The molecule has 1 saturated heterocycles. The Hall–Kier alpha value is -1.49. The Morgan fingerprint density at radius 1 is 1.61 bits per heavy atom. The molecule has 0 N–H and O–H groups in total. The third-order valence-electron chi connectivity index (χ3n) is 3.45. The Balaban J connectivity index is 2.10. The van der Waals surface area contributed by atoms with Gasteiger partial charge in [-0.05, 0) is 18.4 Å². The first-order valence-corrected chi connectivity index (χ1v) is 6.05. The summed E-state index contributed by atoms with van der Waals surface area (Å²) in [5, 5.41) is 0. The largest absolute Gasteiger partial charge is 0.379 e. The fraction of sp³-hybridized carbons (Fsp3) is 0.538. The van der Waals surface area contributed by atoms with Gasteiger partial charge in [0, 0.05) is 38.0 Å². The Kier molecular flexibility index (Phi) is 3.91. The molecule has 18 heavy (non-hydrogen) atoms. The highest BCUT2D eigenvalue weighted by Gasteiger charge is 2.29. The third-order valence-corrected chi connectivity index (χ3v) is 3.45. The van der Waals surface area contributed by atoms with Gasteiger partial charge < -0.3 is 9.64 Å². The van der Waals surface area contributed by atoms with Crippen molar-refractivity contribution in [2.75, 3.05) is 20.2 Å². The number of ether oxygens (including phenoxy) is 1. The molecule has 2 atom stereocenters. The number of methoxy groups -OCH3 is 1. The van der Waals surface area contributed by atoms with Crippen LogP contribution in [0.1, 0.15) is 23.7 Å². The molecule has 2 unspecified atom stereocenters. The van der Waals surface area contributed by atoms with Crippen molar-refractivity contribution in [3.8, 4) is 0 Å². The zero-order chi connectivity index (χ0) is 13.1. The molecule has 5 heteroatoms. The van der Waals surface area contributed by atoms with Crippen molar-refractivity contribution < 1.29 is 13.9 Å². The van der Waals surface area contributed by atoms with E-state index in [0.717, 1.165) is 6.42 Å². The predicted molar refractivity (Wildman–Crippen MR) is 64.7 cm³/mol. The molecule has 0 spiro atoms. The number of piperidine rings is 1. The minimum absolute atomic E-state index is 0.0504. The summed E-state index contributed by atoms with van der Waals surface area (Å²) in [5.74, 6) is -0.354. The number of aromatic nitrogens is 1. The van der Waals surface area contributed by atoms with Gasteiger partial charge in [0.2, 0.25) is 5.95 Å². The Labute approximate surface area is 106 Å². The maximum absolute atomic E-state index is 13.0. The van der Waals surface area contributed by atoms with E-state index in [9.17, 15) is 9.18 Å². The van der Waals surface area contributed by atoms with Crippen LogP contribution in [0.4, 0.5) is 4.39 Å². The van der Waals surface area contributed by atoms with Crippen LogP contribution in [0.3, 0.4) is 0 Å². The maximum Gasteiger partial charge on any atom is 0.254 e. The predicted octanol–water partition coefficient (Wildman–Crippen LogP) is 1.72. The van der Waals surface area contributed by atoms with Gasteiger partial charge in [-0.15, -0.1) is 0 Å². The van der Waals surface area contributed by atoms with Gasteiger partial charge in [-0.1, -0.05) is 6.92 Å². The standard InChI is InChI=1S/C13H17FN2O2/c1-9-4-6-16(8-11(9)18-2)13(17)10-3-5-15-12(14)7-10/h3,5,7,9,11H,4,6,8H2,1-2H3. The Morgan fingerprint density at radius 2 is 2.39 bits per heavy atom. The van der Waals surface area contributed by atoms with E-state index in [4.69, 9.17) is 4.74 Å². The van der Waals surface area contributed by atoms with Crippen molar-refractivity contribution >= 4 is 5.91 Å². The van der Waals surface area contributed by atoms with Crippen molar-refractivity contribution in [2.45, 2.75) is 19.4 Å². The van der Waals surface area contributed by atoms with Gasteiger partial charge in [-0.2, -0.15) is 4.39 Å². The molecule has 0 bridgehead atoms. The second-order valence-electron chi connectivity index (χ2n) is 4.66. The van der Waals surface area contributed by atoms with Gasteiger partial charge in [0.15, 0.2) is 0 Å². The molecule has 1 aromatic heterocycles. The summed E-state index contributed by atoms with van der Waals surface area (Å²) in [6.07, 6.45) is 2.26. The number of hydrogen-bond donors (Lipinski definition) is 0. The fourth-order valence-corrected chi connectivity index (χ4v) is 2.24. The summed E-state index contributed by atoms with van der Waals surface area (Å²) in [6.45, 7) is 3.35. The van der Waals surface area contributed by atoms with Gasteiger partial charge in [0.1, 0.15) is 0 Å². The molecule has 98 valence electrons. The lowest BCUT2D eigenvalue weighted by Crippen LogP contribution is -2.46. The average Bonchev–Trinajstić information content (AvgIpc) is 2.38. The molecular formula is C13H17FN2O2. The van der Waals surface area contributed by atoms with Crippen LogP contribution in [0.25, 0.3) is 0 Å². The summed E-state index contributed by atoms with van der Waals surface area (Å²) in [7, 11) is 1.65. The normalized spacial score (nSPS) is 24.1. The van der Waals surface area contributed by atoms with Crippen LogP contribution < -0.4 is 0 Å². The van der Waals surface area contributed by atoms with Crippen LogP contribution in [-0.2, 0) is 4.74 Å². The second-order valence-corrected chi connectivity index (χ2v) is 4.66. The second kappa shape index (κ2) is 5.44. The summed E-state index contributed by atoms with van der Waals surface area (Å²) < 4.78 is 18.4. The van der Waals surface area contributed by atoms with E-state index >= 15 is 0 Å². The number of pyridine rings is 1. The van der Waals surface area contributed by atoms with Crippen LogP contribution in [0, 0.1) is 11.9 Å². The number of halogens is 1. The molecule has 4 nitrogen and oxygen atoms in total. The van der Waals surface area contributed by atoms with Crippen molar-refractivity contribution in [2.24, 2.45) is 5.92 Å². The first kappa shape index (κ1) is 13.0. The molecule has 1 aliphatic rings. The molecule has 1 fully saturated rings. The average molecular weight is 252 g/mol. The highest BCUT2D eigenvalue weighted by Crippen LogP contribution is 2.21. The molecular weight excluding hydrogens is 235 g/mol. The van der Waals surface area contributed by atoms with Gasteiger partial charge in [0.25, 0.3) is 5.91 Å². The number of carbonyl (C=O) groups is 1. The molecule has 0 aliphatic carbocycles. The monoisotopic (exact) mass is 252 g/mol. The summed E-state index contributed by atoms with van der Waals surface area (Å²) in [4.78, 5) is 17.4. The molecule has 0 radical (unpaired) electrons. The van der Waals surface area contributed by atoms with Gasteiger partial charge in [-0.3, -0.25) is 4.79 Å². The SMILES string of the molecule is COC1CN(C(=O)c2ccnc(F)c2)CCC1C. The van der Waals surface area contributed by atoms with E-state index in [1.54, 1.807) is 12.0 Å². The highest BCUT2D eigenvalue weighted by molar-refractivity contribution is 5.94. The Morgan fingerprint density at radius 3 is 3.06 bits per heavy atom. The highest BCUT2D eigenvalue weighted by atomic mass is 19.1. The zero-order valence-electron chi connectivity index (χ0n) is 10.6. The molecule has 2 heterocycles. The van der Waals surface area contributed by atoms with E-state index in [1.165, 1.54) is 18.3 Å². The van der Waals surface area contributed by atoms with E-state index in [1.807, 2.05) is 0 Å². The van der Waals surface area contributed by atoms with E-state index in [-0.39, 0.29) is 12.0 Å². The van der Waals surface area contributed by atoms with Crippen molar-refractivity contribution in [1.29, 1.82) is 0 Å². The van der Waals surface area contributed by atoms with E-state index in [2.05, 4.69) is 11.9 Å². The van der Waals surface area contributed by atoms with E-state index < -0.39 is 5.95 Å². The van der Waals surface area contributed by atoms with Crippen LogP contribution >= 0.6 is 0 Å². The smallest absolute Gasteiger partial charge is 0.254 e. The molecule has 0 aromatic carbocycles. The number of hydrogen-bond acceptors (Lipinski definition) is 3. The van der Waals surface area contributed by atoms with Gasteiger partial charge in [-0.25, -0.2) is 4.98 Å². The quantitative estimate of drug-likeness (QED) is 0.753. The number of rotatable bonds is 2. The van der Waals surface area contributed by atoms with Crippen molar-refractivity contribution in [3.63, 3.8) is 0 Å². The number of nitrogens with zero attached hydrogens (tertiary/aromatic N) is 2. The number of likely N-dealkylation sites (tertiary alicyclic amines) is 1. The third kappa shape index (κ3) is 2.67. The lowest BCUT2D eigenvalue weighted by molar-refractivity contribution is -0.00158. The summed E-state index contributed by atoms with van der Waals surface area (Å²) in [5.41, 5.74) is 0.340. The lowest BCUT2D eigenvalue weighted by atomic mass is 9.95. The van der Waals surface area contributed by atoms with Crippen LogP contribution in [0.5, 0.6) is 0 Å². The summed E-state index contributed by atoms with van der Waals surface area (Å²) >= 11 is 0. The summed E-state index contributed by atoms with van der Waals surface area (Å²) in [6, 6.07) is 2.70. The van der Waals surface area contributed by atoms with Crippen molar-refractivity contribution in [1.82, 2.24) is 9.88 Å². The first-order valence-electron chi connectivity index (χ1n) is 6.05. The van der Waals surface area contributed by atoms with Crippen LogP contribution in [-0.4, -0.2) is 42.1 Å². The van der Waals surface area contributed by atoms with Gasteiger partial charge >= 0.3 is 0 Å². The lowest BCUT2D eigenvalue weighted by Gasteiger charge is -2.36. The first-order chi connectivity index (χ1) is 8.61. The topological polar surface area (TPSA) is 42.4 Å². The maximum atomic E-state index is 13.0. The molecule has 0 saturated carbocycles. The van der Waals surface area contributed by atoms with Gasteiger partial charge in [0.05, 0.1) is 6.10 Å². The van der Waals surface area contributed by atoms with E-state index in [0.29, 0.717) is 24.6 Å². The molecule has 1 amide bonds. The van der Waals surface area contributed by atoms with Crippen LogP contribution in [0.15, 0.2) is 18.3 Å². The minimum Gasteiger partial charge on any atom is -0.379 e. The molecule has 2 rings (SSSR count). The van der Waals surface area contributed by atoms with Crippen LogP contribution in [0.2, 0.25) is 0 Å². The Bertz CT molecular complexity index is 439. The molecule has 1 aliphatic heterocycles. The number of carbonyl (C=O) groups excluding carboxylic acids is 1. The number of amides is 1. The van der Waals surface area contributed by atoms with Crippen molar-refractivity contribution in [3.05, 3.63) is 29.8 Å².